The van der Waals surface area contributed by atoms with E-state index in [4.69, 9.17) is 4.74 Å². The van der Waals surface area contributed by atoms with Crippen molar-refractivity contribution in [2.75, 3.05) is 26.8 Å². The highest BCUT2D eigenvalue weighted by Gasteiger charge is 2.25. The first kappa shape index (κ1) is 9.93. The molecule has 2 heterocycles. The fraction of sp³-hybridized carbons (Fsp3) is 0.900. The maximum Gasteiger partial charge on any atom is 0.222 e. The SMILES string of the molecule is CN1CC(NC2CCOC2)CCC1=O. The number of ether oxygens (including phenoxy) is 1. The lowest BCUT2D eigenvalue weighted by atomic mass is 10.0. The zero-order chi connectivity index (χ0) is 9.97. The van der Waals surface area contributed by atoms with Gasteiger partial charge in [0, 0.05) is 38.7 Å². The molecule has 0 bridgehead atoms. The van der Waals surface area contributed by atoms with Crippen molar-refractivity contribution >= 4 is 5.91 Å². The molecule has 14 heavy (non-hydrogen) atoms. The second-order valence-electron chi connectivity index (χ2n) is 4.24. The number of nitrogens with one attached hydrogen (secondary N) is 1. The van der Waals surface area contributed by atoms with Crippen LogP contribution in [0.15, 0.2) is 0 Å². The maximum absolute atomic E-state index is 11.3. The minimum Gasteiger partial charge on any atom is -0.380 e. The van der Waals surface area contributed by atoms with Gasteiger partial charge in [-0.15, -0.1) is 0 Å². The first-order valence-corrected chi connectivity index (χ1v) is 5.33. The van der Waals surface area contributed by atoms with Crippen molar-refractivity contribution in [2.24, 2.45) is 0 Å². The van der Waals surface area contributed by atoms with E-state index in [2.05, 4.69) is 5.32 Å². The molecule has 0 aromatic carbocycles. The fourth-order valence-corrected chi connectivity index (χ4v) is 2.15. The van der Waals surface area contributed by atoms with E-state index >= 15 is 0 Å². The summed E-state index contributed by atoms with van der Waals surface area (Å²) in [5.41, 5.74) is 0. The first-order chi connectivity index (χ1) is 6.75. The van der Waals surface area contributed by atoms with Crippen molar-refractivity contribution in [3.63, 3.8) is 0 Å². The topological polar surface area (TPSA) is 41.6 Å². The quantitative estimate of drug-likeness (QED) is 0.678. The monoisotopic (exact) mass is 198 g/mol. The van der Waals surface area contributed by atoms with Gasteiger partial charge >= 0.3 is 0 Å². The molecule has 2 aliphatic rings. The average molecular weight is 198 g/mol. The number of rotatable bonds is 2. The third kappa shape index (κ3) is 2.25. The molecule has 2 atom stereocenters. The summed E-state index contributed by atoms with van der Waals surface area (Å²) >= 11 is 0. The number of carbonyl (C=O) groups is 1. The molecule has 2 fully saturated rings. The Kier molecular flexibility index (Phi) is 3.03. The number of likely N-dealkylation sites (N-methyl/N-ethyl adjacent to an activating group) is 1. The van der Waals surface area contributed by atoms with Gasteiger partial charge < -0.3 is 15.0 Å². The molecule has 0 spiro atoms. The third-order valence-electron chi connectivity index (χ3n) is 3.03. The van der Waals surface area contributed by atoms with Gasteiger partial charge in [0.05, 0.1) is 6.61 Å². The molecule has 80 valence electrons. The van der Waals surface area contributed by atoms with Crippen molar-refractivity contribution in [3.8, 4) is 0 Å². The molecule has 0 saturated carbocycles. The van der Waals surface area contributed by atoms with E-state index in [0.29, 0.717) is 18.5 Å². The summed E-state index contributed by atoms with van der Waals surface area (Å²) in [4.78, 5) is 13.1. The second-order valence-corrected chi connectivity index (χ2v) is 4.24. The summed E-state index contributed by atoms with van der Waals surface area (Å²) in [5, 5.41) is 3.55. The second kappa shape index (κ2) is 4.28. The Morgan fingerprint density at radius 1 is 1.43 bits per heavy atom. The standard InChI is InChI=1S/C10H18N2O2/c1-12-6-8(2-3-10(12)13)11-9-4-5-14-7-9/h8-9,11H,2-7H2,1H3. The highest BCUT2D eigenvalue weighted by atomic mass is 16.5. The number of hydrogen-bond donors (Lipinski definition) is 1. The van der Waals surface area contributed by atoms with Gasteiger partial charge in [-0.2, -0.15) is 0 Å². The summed E-state index contributed by atoms with van der Waals surface area (Å²) in [5.74, 6) is 0.269. The highest BCUT2D eigenvalue weighted by Crippen LogP contribution is 2.12. The molecule has 0 aliphatic carbocycles. The number of carbonyl (C=O) groups excluding carboxylic acids is 1. The van der Waals surface area contributed by atoms with Crippen molar-refractivity contribution in [2.45, 2.75) is 31.3 Å². The van der Waals surface area contributed by atoms with Crippen molar-refractivity contribution in [3.05, 3.63) is 0 Å². The Balaban J connectivity index is 1.78. The van der Waals surface area contributed by atoms with E-state index in [1.807, 2.05) is 11.9 Å². The minimum atomic E-state index is 0.269. The lowest BCUT2D eigenvalue weighted by molar-refractivity contribution is -0.132. The summed E-state index contributed by atoms with van der Waals surface area (Å²) in [6.07, 6.45) is 2.76. The van der Waals surface area contributed by atoms with Crippen LogP contribution in [0.25, 0.3) is 0 Å². The van der Waals surface area contributed by atoms with Crippen LogP contribution in [0.5, 0.6) is 0 Å². The molecule has 1 N–H and O–H groups in total. The van der Waals surface area contributed by atoms with E-state index in [-0.39, 0.29) is 5.91 Å². The lowest BCUT2D eigenvalue weighted by Gasteiger charge is -2.31. The van der Waals surface area contributed by atoms with Crippen molar-refractivity contribution in [1.29, 1.82) is 0 Å². The normalized spacial score (nSPS) is 33.8. The number of nitrogens with zero attached hydrogens (tertiary/aromatic N) is 1. The molecule has 0 aromatic rings. The van der Waals surface area contributed by atoms with E-state index < -0.39 is 0 Å². The van der Waals surface area contributed by atoms with Crippen molar-refractivity contribution in [1.82, 2.24) is 10.2 Å². The van der Waals surface area contributed by atoms with Crippen LogP contribution in [-0.4, -0.2) is 49.7 Å². The third-order valence-corrected chi connectivity index (χ3v) is 3.03. The van der Waals surface area contributed by atoms with Crippen LogP contribution in [0.2, 0.25) is 0 Å². The molecule has 4 heteroatoms. The van der Waals surface area contributed by atoms with E-state index in [0.717, 1.165) is 32.6 Å². The van der Waals surface area contributed by atoms with E-state index in [1.54, 1.807) is 0 Å². The minimum absolute atomic E-state index is 0.269. The predicted molar refractivity (Wildman–Crippen MR) is 53.0 cm³/mol. The molecular weight excluding hydrogens is 180 g/mol. The van der Waals surface area contributed by atoms with Crippen LogP contribution >= 0.6 is 0 Å². The van der Waals surface area contributed by atoms with Crippen LogP contribution in [0.4, 0.5) is 0 Å². The van der Waals surface area contributed by atoms with Crippen molar-refractivity contribution < 1.29 is 9.53 Å². The number of amides is 1. The van der Waals surface area contributed by atoms with E-state index in [9.17, 15) is 4.79 Å². The number of piperidine rings is 1. The van der Waals surface area contributed by atoms with Crippen LogP contribution in [0, 0.1) is 0 Å². The van der Waals surface area contributed by atoms with Gasteiger partial charge in [0.15, 0.2) is 0 Å². The van der Waals surface area contributed by atoms with Crippen LogP contribution in [0.1, 0.15) is 19.3 Å². The number of hydrogen-bond acceptors (Lipinski definition) is 3. The Morgan fingerprint density at radius 2 is 2.29 bits per heavy atom. The summed E-state index contributed by atoms with van der Waals surface area (Å²) < 4.78 is 5.30. The molecule has 2 saturated heterocycles. The predicted octanol–water partition coefficient (Wildman–Crippen LogP) is -0.0143. The van der Waals surface area contributed by atoms with Gasteiger partial charge in [-0.25, -0.2) is 0 Å². The molecule has 2 rings (SSSR count). The highest BCUT2D eigenvalue weighted by molar-refractivity contribution is 5.76. The Hall–Kier alpha value is -0.610. The summed E-state index contributed by atoms with van der Waals surface area (Å²) in [6, 6.07) is 0.964. The van der Waals surface area contributed by atoms with E-state index in [1.165, 1.54) is 0 Å². The molecular formula is C10H18N2O2. The van der Waals surface area contributed by atoms with Crippen LogP contribution in [-0.2, 0) is 9.53 Å². The fourth-order valence-electron chi connectivity index (χ4n) is 2.15. The Morgan fingerprint density at radius 3 is 2.93 bits per heavy atom. The average Bonchev–Trinajstić information content (AvgIpc) is 2.64. The van der Waals surface area contributed by atoms with Gasteiger partial charge in [0.1, 0.15) is 0 Å². The molecule has 2 aliphatic heterocycles. The van der Waals surface area contributed by atoms with Gasteiger partial charge in [-0.3, -0.25) is 4.79 Å². The molecule has 1 amide bonds. The van der Waals surface area contributed by atoms with Gasteiger partial charge in [0.2, 0.25) is 5.91 Å². The summed E-state index contributed by atoms with van der Waals surface area (Å²) in [6.45, 7) is 2.54. The number of likely N-dealkylation sites (tertiary alicyclic amines) is 1. The van der Waals surface area contributed by atoms with Crippen LogP contribution in [0.3, 0.4) is 0 Å². The van der Waals surface area contributed by atoms with Gasteiger partial charge in [-0.05, 0) is 12.8 Å². The maximum atomic E-state index is 11.3. The zero-order valence-corrected chi connectivity index (χ0v) is 8.66. The smallest absolute Gasteiger partial charge is 0.222 e. The first-order valence-electron chi connectivity index (χ1n) is 5.33. The Bertz CT molecular complexity index is 214. The van der Waals surface area contributed by atoms with Crippen LogP contribution < -0.4 is 5.32 Å². The largest absolute Gasteiger partial charge is 0.380 e. The molecule has 0 aromatic heterocycles. The Labute approximate surface area is 84.6 Å². The lowest BCUT2D eigenvalue weighted by Crippen LogP contribution is -2.49. The molecule has 4 nitrogen and oxygen atoms in total. The molecule has 0 radical (unpaired) electrons. The summed E-state index contributed by atoms with van der Waals surface area (Å²) in [7, 11) is 1.88. The zero-order valence-electron chi connectivity index (χ0n) is 8.66. The van der Waals surface area contributed by atoms with Gasteiger partial charge in [0.25, 0.3) is 0 Å². The van der Waals surface area contributed by atoms with Gasteiger partial charge in [-0.1, -0.05) is 0 Å². The molecule has 2 unspecified atom stereocenters.